The van der Waals surface area contributed by atoms with Gasteiger partial charge in [-0.3, -0.25) is 0 Å². The molecule has 0 aliphatic rings. The highest BCUT2D eigenvalue weighted by atomic mass is 35.5. The van der Waals surface area contributed by atoms with Gasteiger partial charge in [-0.25, -0.2) is 4.39 Å². The molecule has 0 aromatic heterocycles. The molecular formula is C15H15ClFNO2. The van der Waals surface area contributed by atoms with Gasteiger partial charge >= 0.3 is 0 Å². The number of aliphatic hydroxyl groups excluding tert-OH is 1. The molecule has 0 aliphatic heterocycles. The van der Waals surface area contributed by atoms with Crippen LogP contribution in [0.3, 0.4) is 0 Å². The van der Waals surface area contributed by atoms with Crippen LogP contribution in [0.1, 0.15) is 0 Å². The number of ether oxygens (including phenoxy) is 1. The molecule has 2 aromatic carbocycles. The van der Waals surface area contributed by atoms with E-state index >= 15 is 0 Å². The monoisotopic (exact) mass is 295 g/mol. The summed E-state index contributed by atoms with van der Waals surface area (Å²) in [6.45, 7) is 0.459. The zero-order valence-corrected chi connectivity index (χ0v) is 11.5. The first-order valence-corrected chi connectivity index (χ1v) is 6.57. The van der Waals surface area contributed by atoms with Gasteiger partial charge in [0, 0.05) is 17.3 Å². The fourth-order valence-electron chi connectivity index (χ4n) is 1.62. The SMILES string of the molecule is OC(CNc1cccc(Cl)c1)COc1ccc(F)cc1. The Balaban J connectivity index is 1.75. The third kappa shape index (κ3) is 4.72. The summed E-state index contributed by atoms with van der Waals surface area (Å²) in [5.74, 6) is 0.203. The molecule has 0 fully saturated rings. The largest absolute Gasteiger partial charge is 0.491 e. The summed E-state index contributed by atoms with van der Waals surface area (Å²) in [6.07, 6.45) is -0.681. The van der Waals surface area contributed by atoms with Crippen molar-refractivity contribution in [3.05, 3.63) is 59.4 Å². The molecule has 20 heavy (non-hydrogen) atoms. The standard InChI is InChI=1S/C15H15ClFNO2/c16-11-2-1-3-13(8-11)18-9-14(19)10-20-15-6-4-12(17)5-7-15/h1-8,14,18-19H,9-10H2. The maximum Gasteiger partial charge on any atom is 0.123 e. The van der Waals surface area contributed by atoms with E-state index in [1.54, 1.807) is 12.1 Å². The topological polar surface area (TPSA) is 41.5 Å². The van der Waals surface area contributed by atoms with Gasteiger partial charge in [0.2, 0.25) is 0 Å². The van der Waals surface area contributed by atoms with Crippen molar-refractivity contribution >= 4 is 17.3 Å². The number of hydrogen-bond acceptors (Lipinski definition) is 3. The van der Waals surface area contributed by atoms with Crippen molar-refractivity contribution < 1.29 is 14.2 Å². The maximum atomic E-state index is 12.7. The molecule has 0 amide bonds. The van der Waals surface area contributed by atoms with Gasteiger partial charge in [0.1, 0.15) is 24.3 Å². The molecule has 5 heteroatoms. The molecular weight excluding hydrogens is 281 g/mol. The number of anilines is 1. The van der Waals surface area contributed by atoms with Crippen LogP contribution in [0.25, 0.3) is 0 Å². The van der Waals surface area contributed by atoms with Gasteiger partial charge in [-0.15, -0.1) is 0 Å². The van der Waals surface area contributed by atoms with E-state index < -0.39 is 6.10 Å². The summed E-state index contributed by atoms with van der Waals surface area (Å²) in [5.41, 5.74) is 0.832. The Labute approximate surface area is 122 Å². The quantitative estimate of drug-likeness (QED) is 0.859. The highest BCUT2D eigenvalue weighted by molar-refractivity contribution is 6.30. The average molecular weight is 296 g/mol. The van der Waals surface area contributed by atoms with Crippen LogP contribution in [0.15, 0.2) is 48.5 Å². The molecule has 0 aliphatic carbocycles. The van der Waals surface area contributed by atoms with Crippen LogP contribution in [-0.4, -0.2) is 24.4 Å². The fourth-order valence-corrected chi connectivity index (χ4v) is 1.81. The lowest BCUT2D eigenvalue weighted by Gasteiger charge is -2.14. The number of aliphatic hydroxyl groups is 1. The third-order valence-corrected chi connectivity index (χ3v) is 2.86. The van der Waals surface area contributed by atoms with Crippen molar-refractivity contribution in [1.29, 1.82) is 0 Å². The van der Waals surface area contributed by atoms with E-state index in [1.165, 1.54) is 24.3 Å². The van der Waals surface area contributed by atoms with E-state index in [9.17, 15) is 9.50 Å². The first-order valence-electron chi connectivity index (χ1n) is 6.19. The minimum Gasteiger partial charge on any atom is -0.491 e. The summed E-state index contributed by atoms with van der Waals surface area (Å²) in [5, 5.41) is 13.5. The molecule has 1 unspecified atom stereocenters. The van der Waals surface area contributed by atoms with Gasteiger partial charge in [0.15, 0.2) is 0 Å². The minimum atomic E-state index is -0.681. The Kier molecular flexibility index (Phi) is 5.21. The van der Waals surface area contributed by atoms with Crippen molar-refractivity contribution in [1.82, 2.24) is 0 Å². The number of benzene rings is 2. The lowest BCUT2D eigenvalue weighted by molar-refractivity contribution is 0.117. The van der Waals surface area contributed by atoms with Gasteiger partial charge in [0.25, 0.3) is 0 Å². The van der Waals surface area contributed by atoms with Crippen molar-refractivity contribution in [2.75, 3.05) is 18.5 Å². The average Bonchev–Trinajstić information content (AvgIpc) is 2.45. The second kappa shape index (κ2) is 7.12. The van der Waals surface area contributed by atoms with Crippen LogP contribution in [0.2, 0.25) is 5.02 Å². The second-order valence-electron chi connectivity index (χ2n) is 4.31. The van der Waals surface area contributed by atoms with Crippen LogP contribution in [0.5, 0.6) is 5.75 Å². The van der Waals surface area contributed by atoms with Gasteiger partial charge in [0.05, 0.1) is 0 Å². The maximum absolute atomic E-state index is 12.7. The molecule has 0 radical (unpaired) electrons. The molecule has 2 rings (SSSR count). The van der Waals surface area contributed by atoms with Gasteiger partial charge in [-0.1, -0.05) is 17.7 Å². The molecule has 2 aromatic rings. The summed E-state index contributed by atoms with van der Waals surface area (Å²) in [6, 6.07) is 12.9. The van der Waals surface area contributed by atoms with Gasteiger partial charge in [-0.2, -0.15) is 0 Å². The molecule has 1 atom stereocenters. The predicted molar refractivity (Wildman–Crippen MR) is 77.8 cm³/mol. The summed E-state index contributed by atoms with van der Waals surface area (Å²) in [7, 11) is 0. The van der Waals surface area contributed by atoms with E-state index in [0.717, 1.165) is 5.69 Å². The first kappa shape index (κ1) is 14.6. The predicted octanol–water partition coefficient (Wildman–Crippen LogP) is 3.33. The Morgan fingerprint density at radius 1 is 1.20 bits per heavy atom. The Morgan fingerprint density at radius 3 is 2.65 bits per heavy atom. The van der Waals surface area contributed by atoms with Crippen molar-refractivity contribution in [3.8, 4) is 5.75 Å². The molecule has 106 valence electrons. The molecule has 0 heterocycles. The normalized spacial score (nSPS) is 11.9. The fraction of sp³-hybridized carbons (Fsp3) is 0.200. The Hall–Kier alpha value is -1.78. The van der Waals surface area contributed by atoms with E-state index in [1.807, 2.05) is 12.1 Å². The number of nitrogens with one attached hydrogen (secondary N) is 1. The number of rotatable bonds is 6. The van der Waals surface area contributed by atoms with E-state index in [-0.39, 0.29) is 12.4 Å². The van der Waals surface area contributed by atoms with Gasteiger partial charge in [-0.05, 0) is 42.5 Å². The van der Waals surface area contributed by atoms with E-state index in [2.05, 4.69) is 5.32 Å². The van der Waals surface area contributed by atoms with Crippen molar-refractivity contribution in [3.63, 3.8) is 0 Å². The van der Waals surface area contributed by atoms with E-state index in [0.29, 0.717) is 17.3 Å². The second-order valence-corrected chi connectivity index (χ2v) is 4.75. The number of hydrogen-bond donors (Lipinski definition) is 2. The first-order chi connectivity index (χ1) is 9.63. The van der Waals surface area contributed by atoms with Gasteiger partial charge < -0.3 is 15.2 Å². The smallest absolute Gasteiger partial charge is 0.123 e. The molecule has 2 N–H and O–H groups in total. The van der Waals surface area contributed by atoms with Crippen LogP contribution >= 0.6 is 11.6 Å². The lowest BCUT2D eigenvalue weighted by Crippen LogP contribution is -2.26. The highest BCUT2D eigenvalue weighted by Gasteiger charge is 2.05. The van der Waals surface area contributed by atoms with Crippen LogP contribution in [0, 0.1) is 5.82 Å². The highest BCUT2D eigenvalue weighted by Crippen LogP contribution is 2.15. The Morgan fingerprint density at radius 2 is 1.95 bits per heavy atom. The van der Waals surface area contributed by atoms with Crippen LogP contribution in [-0.2, 0) is 0 Å². The molecule has 0 saturated carbocycles. The van der Waals surface area contributed by atoms with Crippen molar-refractivity contribution in [2.45, 2.75) is 6.10 Å². The van der Waals surface area contributed by atoms with Crippen molar-refractivity contribution in [2.24, 2.45) is 0 Å². The van der Waals surface area contributed by atoms with E-state index in [4.69, 9.17) is 16.3 Å². The van der Waals surface area contributed by atoms with Crippen LogP contribution < -0.4 is 10.1 Å². The minimum absolute atomic E-state index is 0.124. The third-order valence-electron chi connectivity index (χ3n) is 2.62. The number of halogens is 2. The molecule has 0 bridgehead atoms. The molecule has 0 saturated heterocycles. The lowest BCUT2D eigenvalue weighted by atomic mass is 10.3. The zero-order valence-electron chi connectivity index (χ0n) is 10.7. The molecule has 0 spiro atoms. The summed E-state index contributed by atoms with van der Waals surface area (Å²) >= 11 is 5.86. The van der Waals surface area contributed by atoms with Crippen LogP contribution in [0.4, 0.5) is 10.1 Å². The Bertz CT molecular complexity index is 548. The summed E-state index contributed by atoms with van der Waals surface area (Å²) < 4.78 is 18.1. The zero-order chi connectivity index (χ0) is 14.4. The molecule has 3 nitrogen and oxygen atoms in total. The summed E-state index contributed by atoms with van der Waals surface area (Å²) in [4.78, 5) is 0.